The Kier molecular flexibility index (Phi) is 8.84. The van der Waals surface area contributed by atoms with Crippen molar-refractivity contribution >= 4 is 18.0 Å². The van der Waals surface area contributed by atoms with Gasteiger partial charge in [0.1, 0.15) is 18.2 Å². The molecule has 26 heavy (non-hydrogen) atoms. The lowest BCUT2D eigenvalue weighted by Gasteiger charge is -2.26. The van der Waals surface area contributed by atoms with Crippen LogP contribution in [0, 0.1) is 11.8 Å². The second kappa shape index (κ2) is 10.4. The fraction of sp³-hybridized carbons (Fsp3) is 0.833. The van der Waals surface area contributed by atoms with E-state index in [1.165, 1.54) is 32.1 Å². The molecule has 150 valence electrons. The lowest BCUT2D eigenvalue weighted by molar-refractivity contribution is -0.139. The second-order valence-corrected chi connectivity index (χ2v) is 7.94. The molecular weight excluding hydrogens is 340 g/mol. The molecule has 8 nitrogen and oxygen atoms in total. The molecule has 0 aromatic rings. The maximum absolute atomic E-state index is 10.8. The Morgan fingerprint density at radius 3 is 2.15 bits per heavy atom. The van der Waals surface area contributed by atoms with E-state index in [1.807, 2.05) is 0 Å². The highest BCUT2D eigenvalue weighted by Gasteiger charge is 2.34. The molecular formula is C18H32N2O6. The zero-order valence-corrected chi connectivity index (χ0v) is 15.9. The molecule has 0 aromatic heterocycles. The summed E-state index contributed by atoms with van der Waals surface area (Å²) in [5.74, 6) is -0.360. The van der Waals surface area contributed by atoms with Crippen molar-refractivity contribution in [2.75, 3.05) is 13.1 Å². The third-order valence-corrected chi connectivity index (χ3v) is 4.56. The zero-order chi connectivity index (χ0) is 19.7. The minimum atomic E-state index is -1.10. The lowest BCUT2D eigenvalue weighted by atomic mass is 9.79. The Labute approximate surface area is 154 Å². The van der Waals surface area contributed by atoms with E-state index in [0.717, 1.165) is 18.9 Å². The summed E-state index contributed by atoms with van der Waals surface area (Å²) >= 11 is 0. The number of ether oxygens (including phenoxy) is 1. The Morgan fingerprint density at radius 1 is 1.08 bits per heavy atom. The minimum Gasteiger partial charge on any atom is -0.480 e. The molecule has 8 heteroatoms. The van der Waals surface area contributed by atoms with E-state index in [0.29, 0.717) is 5.92 Å². The first-order chi connectivity index (χ1) is 12.1. The van der Waals surface area contributed by atoms with E-state index in [4.69, 9.17) is 14.9 Å². The molecule has 0 spiro atoms. The van der Waals surface area contributed by atoms with Gasteiger partial charge in [-0.05, 0) is 45.6 Å². The summed E-state index contributed by atoms with van der Waals surface area (Å²) in [5, 5.41) is 22.2. The van der Waals surface area contributed by atoms with Crippen molar-refractivity contribution in [1.29, 1.82) is 0 Å². The van der Waals surface area contributed by atoms with Gasteiger partial charge >= 0.3 is 18.0 Å². The Balaban J connectivity index is 0.000000265. The lowest BCUT2D eigenvalue weighted by Crippen LogP contribution is -2.35. The number of carboxylic acids is 2. The zero-order valence-electron chi connectivity index (χ0n) is 15.9. The van der Waals surface area contributed by atoms with Gasteiger partial charge in [-0.15, -0.1) is 0 Å². The highest BCUT2D eigenvalue weighted by atomic mass is 16.6. The summed E-state index contributed by atoms with van der Waals surface area (Å²) in [7, 11) is 0. The van der Waals surface area contributed by atoms with E-state index in [-0.39, 0.29) is 6.04 Å². The van der Waals surface area contributed by atoms with E-state index >= 15 is 0 Å². The average Bonchev–Trinajstić information content (AvgIpc) is 3.03. The molecule has 1 aliphatic heterocycles. The van der Waals surface area contributed by atoms with Crippen molar-refractivity contribution in [3.8, 4) is 0 Å². The number of carboxylic acid groups (broad SMARTS) is 2. The predicted molar refractivity (Wildman–Crippen MR) is 96.0 cm³/mol. The second-order valence-electron chi connectivity index (χ2n) is 7.94. The maximum Gasteiger partial charge on any atom is 0.408 e. The molecule has 2 atom stereocenters. The van der Waals surface area contributed by atoms with Crippen molar-refractivity contribution in [2.45, 2.75) is 70.9 Å². The van der Waals surface area contributed by atoms with Crippen LogP contribution in [-0.2, 0) is 14.3 Å². The molecule has 0 aromatic carbocycles. The predicted octanol–water partition coefficient (Wildman–Crippen LogP) is 2.23. The van der Waals surface area contributed by atoms with E-state index in [9.17, 15) is 14.4 Å². The standard InChI is InChI=1S/C11H19NO2.C7H13NO4/c13-11(14)10-6-9(7-12-10)8-4-2-1-3-5-8;1-7(2,3)12-6(11)8-4-5(9)10/h8-10,12H,1-7H2,(H,13,14);4H2,1-3H3,(H,8,11)(H,9,10)/t9?,10-;/m0./s1. The van der Waals surface area contributed by atoms with E-state index in [1.54, 1.807) is 20.8 Å². The van der Waals surface area contributed by atoms with Crippen LogP contribution in [0.25, 0.3) is 0 Å². The molecule has 0 radical (unpaired) electrons. The fourth-order valence-corrected chi connectivity index (χ4v) is 3.38. The van der Waals surface area contributed by atoms with Crippen molar-refractivity contribution in [3.05, 3.63) is 0 Å². The Bertz CT molecular complexity index is 483. The highest BCUT2D eigenvalue weighted by molar-refractivity contribution is 5.76. The van der Waals surface area contributed by atoms with Gasteiger partial charge in [0.2, 0.25) is 0 Å². The number of alkyl carbamates (subject to hydrolysis) is 1. The van der Waals surface area contributed by atoms with Crippen molar-refractivity contribution in [1.82, 2.24) is 10.6 Å². The fourth-order valence-electron chi connectivity index (χ4n) is 3.38. The third-order valence-electron chi connectivity index (χ3n) is 4.56. The number of carbonyl (C=O) groups excluding carboxylic acids is 1. The smallest absolute Gasteiger partial charge is 0.408 e. The first kappa shape index (κ1) is 22.2. The Morgan fingerprint density at radius 2 is 1.69 bits per heavy atom. The third kappa shape index (κ3) is 9.03. The largest absolute Gasteiger partial charge is 0.480 e. The van der Waals surface area contributed by atoms with Gasteiger partial charge in [-0.25, -0.2) is 4.79 Å². The van der Waals surface area contributed by atoms with Crippen LogP contribution in [0.5, 0.6) is 0 Å². The summed E-state index contributed by atoms with van der Waals surface area (Å²) in [5.41, 5.74) is -0.595. The van der Waals surface area contributed by atoms with Crippen LogP contribution in [-0.4, -0.2) is 53.0 Å². The number of nitrogens with one attached hydrogen (secondary N) is 2. The average molecular weight is 372 g/mol. The van der Waals surface area contributed by atoms with Crippen LogP contribution < -0.4 is 10.6 Å². The molecule has 2 aliphatic rings. The summed E-state index contributed by atoms with van der Waals surface area (Å²) in [6, 6.07) is -0.276. The summed E-state index contributed by atoms with van der Waals surface area (Å²) in [4.78, 5) is 31.5. The SMILES string of the molecule is CC(C)(C)OC(=O)NCC(=O)O.O=C(O)[C@@H]1CC(C2CCCCC2)CN1. The van der Waals surface area contributed by atoms with Gasteiger partial charge in [-0.2, -0.15) is 0 Å². The van der Waals surface area contributed by atoms with Gasteiger partial charge in [0, 0.05) is 0 Å². The van der Waals surface area contributed by atoms with Crippen molar-refractivity contribution in [3.63, 3.8) is 0 Å². The molecule has 1 heterocycles. The summed E-state index contributed by atoms with van der Waals surface area (Å²) < 4.78 is 4.77. The van der Waals surface area contributed by atoms with Crippen LogP contribution in [0.3, 0.4) is 0 Å². The molecule has 4 N–H and O–H groups in total. The number of hydrogen-bond donors (Lipinski definition) is 4. The van der Waals surface area contributed by atoms with Crippen molar-refractivity contribution < 1.29 is 29.3 Å². The van der Waals surface area contributed by atoms with Gasteiger partial charge in [0.05, 0.1) is 0 Å². The molecule has 1 saturated carbocycles. The monoisotopic (exact) mass is 372 g/mol. The minimum absolute atomic E-state index is 0.276. The quantitative estimate of drug-likeness (QED) is 0.596. The maximum atomic E-state index is 10.8. The number of aliphatic carboxylic acids is 2. The highest BCUT2D eigenvalue weighted by Crippen LogP contribution is 2.34. The molecule has 1 unspecified atom stereocenters. The van der Waals surface area contributed by atoms with Crippen LogP contribution in [0.1, 0.15) is 59.3 Å². The van der Waals surface area contributed by atoms with Crippen LogP contribution >= 0.6 is 0 Å². The molecule has 2 rings (SSSR count). The molecule has 2 fully saturated rings. The van der Waals surface area contributed by atoms with E-state index in [2.05, 4.69) is 10.6 Å². The van der Waals surface area contributed by atoms with Gasteiger partial charge < -0.3 is 25.6 Å². The molecule has 1 aliphatic carbocycles. The van der Waals surface area contributed by atoms with Gasteiger partial charge in [0.25, 0.3) is 0 Å². The summed E-state index contributed by atoms with van der Waals surface area (Å²) in [6.07, 6.45) is 6.83. The van der Waals surface area contributed by atoms with Crippen LogP contribution in [0.2, 0.25) is 0 Å². The number of rotatable bonds is 4. The van der Waals surface area contributed by atoms with Crippen molar-refractivity contribution in [2.24, 2.45) is 11.8 Å². The topological polar surface area (TPSA) is 125 Å². The van der Waals surface area contributed by atoms with Gasteiger partial charge in [-0.1, -0.05) is 32.1 Å². The number of carbonyl (C=O) groups is 3. The van der Waals surface area contributed by atoms with Gasteiger partial charge in [-0.3, -0.25) is 9.59 Å². The number of amides is 1. The first-order valence-electron chi connectivity index (χ1n) is 9.23. The van der Waals surface area contributed by atoms with Gasteiger partial charge in [0.15, 0.2) is 0 Å². The Hall–Kier alpha value is -1.83. The summed E-state index contributed by atoms with van der Waals surface area (Å²) in [6.45, 7) is 5.60. The first-order valence-corrected chi connectivity index (χ1v) is 9.23. The normalized spacial score (nSPS) is 23.5. The van der Waals surface area contributed by atoms with E-state index < -0.39 is 30.2 Å². The number of hydrogen-bond acceptors (Lipinski definition) is 5. The van der Waals surface area contributed by atoms with Crippen LogP contribution in [0.15, 0.2) is 0 Å². The molecule has 1 amide bonds. The molecule has 1 saturated heterocycles. The molecule has 0 bridgehead atoms. The van der Waals surface area contributed by atoms with Crippen LogP contribution in [0.4, 0.5) is 4.79 Å².